The van der Waals surface area contributed by atoms with Gasteiger partial charge >= 0.3 is 5.97 Å². The van der Waals surface area contributed by atoms with Crippen molar-refractivity contribution in [3.05, 3.63) is 0 Å². The predicted octanol–water partition coefficient (Wildman–Crippen LogP) is -0.247. The minimum atomic E-state index is -1.88. The summed E-state index contributed by atoms with van der Waals surface area (Å²) in [6.07, 6.45) is 0.0850. The van der Waals surface area contributed by atoms with E-state index in [1.807, 2.05) is 0 Å². The summed E-state index contributed by atoms with van der Waals surface area (Å²) in [4.78, 5) is 14.4. The van der Waals surface area contributed by atoms with Gasteiger partial charge in [-0.2, -0.15) is 0 Å². The van der Waals surface area contributed by atoms with E-state index >= 15 is 0 Å². The van der Waals surface area contributed by atoms with Crippen molar-refractivity contribution < 1.29 is 24.9 Å². The molecule has 2 heterocycles. The summed E-state index contributed by atoms with van der Waals surface area (Å²) in [7, 11) is 0. The summed E-state index contributed by atoms with van der Waals surface area (Å²) in [6, 6.07) is 0.0523. The summed E-state index contributed by atoms with van der Waals surface area (Å²) in [5.41, 5.74) is -1.88. The highest BCUT2D eigenvalue weighted by Gasteiger charge is 2.47. The molecule has 2 fully saturated rings. The summed E-state index contributed by atoms with van der Waals surface area (Å²) in [6.45, 7) is 6.71. The fourth-order valence-electron chi connectivity index (χ4n) is 3.61. The highest BCUT2D eigenvalue weighted by Crippen LogP contribution is 2.33. The van der Waals surface area contributed by atoms with E-state index in [1.165, 1.54) is 6.92 Å². The minimum Gasteiger partial charge on any atom is -0.463 e. The van der Waals surface area contributed by atoms with Gasteiger partial charge in [0.1, 0.15) is 0 Å². The Hall–Kier alpha value is -0.690. The largest absolute Gasteiger partial charge is 0.463 e. The normalized spacial score (nSPS) is 33.8. The van der Waals surface area contributed by atoms with Gasteiger partial charge in [-0.3, -0.25) is 4.90 Å². The molecule has 2 saturated heterocycles. The van der Waals surface area contributed by atoms with Gasteiger partial charge in [-0.15, -0.1) is 0 Å². The monoisotopic (exact) mass is 301 g/mol. The zero-order chi connectivity index (χ0) is 15.8. The fraction of sp³-hybridized carbons (Fsp3) is 0.933. The van der Waals surface area contributed by atoms with E-state index in [0.29, 0.717) is 0 Å². The van der Waals surface area contributed by atoms with Crippen LogP contribution >= 0.6 is 0 Å². The standard InChI is InChI=1S/C15H27NO5/c1-9(2)15(20,10(3)17)14(19)21-8-11-4-6-16-7-5-12(18)13(11)16/h9-13,17-18,20H,4-8H2,1-3H3/t10?,11?,12-,13-,15?/m1/s1. The van der Waals surface area contributed by atoms with Crippen LogP contribution < -0.4 is 0 Å². The molecule has 0 saturated carbocycles. The Bertz CT molecular complexity index is 376. The molecule has 3 unspecified atom stereocenters. The van der Waals surface area contributed by atoms with E-state index in [9.17, 15) is 20.1 Å². The predicted molar refractivity (Wildman–Crippen MR) is 76.5 cm³/mol. The van der Waals surface area contributed by atoms with Gasteiger partial charge in [0.2, 0.25) is 0 Å². The number of nitrogens with zero attached hydrogens (tertiary/aromatic N) is 1. The first-order valence-corrected chi connectivity index (χ1v) is 7.78. The lowest BCUT2D eigenvalue weighted by Gasteiger charge is -2.33. The second-order valence-electron chi connectivity index (χ2n) is 6.69. The molecule has 3 N–H and O–H groups in total. The number of aliphatic hydroxyl groups is 3. The zero-order valence-corrected chi connectivity index (χ0v) is 13.0. The molecule has 0 aromatic rings. The number of hydrogen-bond acceptors (Lipinski definition) is 6. The number of aliphatic hydroxyl groups excluding tert-OH is 2. The van der Waals surface area contributed by atoms with Crippen LogP contribution in [0.15, 0.2) is 0 Å². The molecule has 0 aromatic carbocycles. The van der Waals surface area contributed by atoms with Crippen molar-refractivity contribution >= 4 is 5.97 Å². The minimum absolute atomic E-state index is 0.0523. The van der Waals surface area contributed by atoms with E-state index in [2.05, 4.69) is 4.90 Å². The van der Waals surface area contributed by atoms with Gasteiger partial charge in [-0.25, -0.2) is 4.79 Å². The van der Waals surface area contributed by atoms with Gasteiger partial charge in [0.05, 0.1) is 18.8 Å². The van der Waals surface area contributed by atoms with E-state index in [-0.39, 0.29) is 24.7 Å². The van der Waals surface area contributed by atoms with Gasteiger partial charge in [-0.05, 0) is 32.2 Å². The van der Waals surface area contributed by atoms with Gasteiger partial charge in [0.15, 0.2) is 5.60 Å². The third-order valence-corrected chi connectivity index (χ3v) is 5.07. The first kappa shape index (κ1) is 16.7. The highest BCUT2D eigenvalue weighted by molar-refractivity contribution is 5.80. The Labute approximate surface area is 125 Å². The molecule has 21 heavy (non-hydrogen) atoms. The molecule has 6 heteroatoms. The Kier molecular flexibility index (Phi) is 4.92. The first-order chi connectivity index (χ1) is 9.78. The topological polar surface area (TPSA) is 90.2 Å². The number of carbonyl (C=O) groups is 1. The van der Waals surface area contributed by atoms with Crippen LogP contribution in [0.1, 0.15) is 33.6 Å². The van der Waals surface area contributed by atoms with Gasteiger partial charge < -0.3 is 20.1 Å². The molecule has 0 bridgehead atoms. The van der Waals surface area contributed by atoms with E-state index in [4.69, 9.17) is 4.74 Å². The molecular formula is C15H27NO5. The van der Waals surface area contributed by atoms with Crippen molar-refractivity contribution in [2.45, 2.75) is 57.5 Å². The van der Waals surface area contributed by atoms with Crippen LogP contribution in [0.25, 0.3) is 0 Å². The van der Waals surface area contributed by atoms with Crippen LogP contribution in [0, 0.1) is 11.8 Å². The lowest BCUT2D eigenvalue weighted by molar-refractivity contribution is -0.186. The molecule has 2 aliphatic rings. The maximum atomic E-state index is 12.2. The van der Waals surface area contributed by atoms with Crippen LogP contribution in [0.3, 0.4) is 0 Å². The van der Waals surface area contributed by atoms with Crippen molar-refractivity contribution in [2.24, 2.45) is 11.8 Å². The molecule has 0 aromatic heterocycles. The Morgan fingerprint density at radius 3 is 2.52 bits per heavy atom. The summed E-state index contributed by atoms with van der Waals surface area (Å²) >= 11 is 0. The van der Waals surface area contributed by atoms with Crippen LogP contribution in [-0.4, -0.2) is 69.7 Å². The van der Waals surface area contributed by atoms with Crippen molar-refractivity contribution in [3.8, 4) is 0 Å². The molecule has 6 nitrogen and oxygen atoms in total. The molecule has 2 aliphatic heterocycles. The number of carbonyl (C=O) groups excluding carboxylic acids is 1. The Morgan fingerprint density at radius 2 is 1.95 bits per heavy atom. The van der Waals surface area contributed by atoms with Crippen LogP contribution in [0.5, 0.6) is 0 Å². The summed E-state index contributed by atoms with van der Waals surface area (Å²) in [5, 5.41) is 30.1. The summed E-state index contributed by atoms with van der Waals surface area (Å²) < 4.78 is 5.28. The van der Waals surface area contributed by atoms with Crippen LogP contribution in [0.2, 0.25) is 0 Å². The number of esters is 1. The van der Waals surface area contributed by atoms with Gasteiger partial charge in [0, 0.05) is 18.5 Å². The number of ether oxygens (including phenoxy) is 1. The number of rotatable bonds is 5. The molecule has 0 spiro atoms. The van der Waals surface area contributed by atoms with E-state index in [0.717, 1.165) is 25.9 Å². The van der Waals surface area contributed by atoms with Gasteiger partial charge in [0.25, 0.3) is 0 Å². The molecule has 0 amide bonds. The van der Waals surface area contributed by atoms with Crippen molar-refractivity contribution in [3.63, 3.8) is 0 Å². The third-order valence-electron chi connectivity index (χ3n) is 5.07. The smallest absolute Gasteiger partial charge is 0.341 e. The SMILES string of the molecule is CC(C)C(O)(C(=O)OCC1CCN2CC[C@@H](O)[C@@H]12)C(C)O. The first-order valence-electron chi connectivity index (χ1n) is 7.78. The summed E-state index contributed by atoms with van der Waals surface area (Å²) in [5.74, 6) is -1.13. The average molecular weight is 301 g/mol. The fourth-order valence-corrected chi connectivity index (χ4v) is 3.61. The third kappa shape index (κ3) is 2.95. The lowest BCUT2D eigenvalue weighted by atomic mass is 9.85. The molecular weight excluding hydrogens is 274 g/mol. The van der Waals surface area contributed by atoms with Gasteiger partial charge in [-0.1, -0.05) is 13.8 Å². The van der Waals surface area contributed by atoms with E-state index < -0.39 is 23.6 Å². The second-order valence-corrected chi connectivity index (χ2v) is 6.69. The van der Waals surface area contributed by atoms with Crippen LogP contribution in [0.4, 0.5) is 0 Å². The van der Waals surface area contributed by atoms with Crippen molar-refractivity contribution in [1.82, 2.24) is 4.90 Å². The maximum absolute atomic E-state index is 12.2. The lowest BCUT2D eigenvalue weighted by Crippen LogP contribution is -2.53. The number of fused-ring (bicyclic) bond motifs is 1. The molecule has 0 aliphatic carbocycles. The molecule has 5 atom stereocenters. The Morgan fingerprint density at radius 1 is 1.33 bits per heavy atom. The highest BCUT2D eigenvalue weighted by atomic mass is 16.6. The Balaban J connectivity index is 1.95. The molecule has 2 rings (SSSR count). The van der Waals surface area contributed by atoms with Crippen molar-refractivity contribution in [2.75, 3.05) is 19.7 Å². The van der Waals surface area contributed by atoms with Crippen LogP contribution in [-0.2, 0) is 9.53 Å². The number of hydrogen-bond donors (Lipinski definition) is 3. The maximum Gasteiger partial charge on any atom is 0.341 e. The van der Waals surface area contributed by atoms with Crippen molar-refractivity contribution in [1.29, 1.82) is 0 Å². The second kappa shape index (κ2) is 6.20. The zero-order valence-electron chi connectivity index (χ0n) is 13.0. The quantitative estimate of drug-likeness (QED) is 0.607. The molecule has 122 valence electrons. The average Bonchev–Trinajstić information content (AvgIpc) is 2.98. The van der Waals surface area contributed by atoms with E-state index in [1.54, 1.807) is 13.8 Å². The molecule has 0 radical (unpaired) electrons.